The summed E-state index contributed by atoms with van der Waals surface area (Å²) in [4.78, 5) is 17.4. The van der Waals surface area contributed by atoms with E-state index in [4.69, 9.17) is 4.74 Å². The fourth-order valence-corrected chi connectivity index (χ4v) is 4.15. The number of nitrogens with zero attached hydrogens (tertiary/aromatic N) is 2. The SMILES string of the molecule is Cc1cccc(N2CCN(CCCCNC(=O)c3ccc4c(c3)CCO4)CC2)c1. The zero-order chi connectivity index (χ0) is 20.1. The molecule has 1 N–H and O–H groups in total. The van der Waals surface area contributed by atoms with Gasteiger partial charge >= 0.3 is 0 Å². The zero-order valence-electron chi connectivity index (χ0n) is 17.3. The van der Waals surface area contributed by atoms with Crippen molar-refractivity contribution in [3.8, 4) is 5.75 Å². The minimum atomic E-state index is 0.0199. The number of piperazine rings is 1. The maximum atomic E-state index is 12.3. The first-order valence-corrected chi connectivity index (χ1v) is 10.8. The molecule has 0 saturated carbocycles. The van der Waals surface area contributed by atoms with Gasteiger partial charge < -0.3 is 15.0 Å². The van der Waals surface area contributed by atoms with E-state index < -0.39 is 0 Å². The van der Waals surface area contributed by atoms with Gasteiger partial charge in [0.25, 0.3) is 5.91 Å². The zero-order valence-corrected chi connectivity index (χ0v) is 17.3. The number of amides is 1. The molecular weight excluding hydrogens is 362 g/mol. The highest BCUT2D eigenvalue weighted by Crippen LogP contribution is 2.25. The molecule has 1 saturated heterocycles. The molecule has 2 aliphatic rings. The second-order valence-electron chi connectivity index (χ2n) is 8.05. The molecule has 4 rings (SSSR count). The molecule has 2 aromatic carbocycles. The topological polar surface area (TPSA) is 44.8 Å². The van der Waals surface area contributed by atoms with E-state index in [0.717, 1.165) is 82.0 Å². The molecule has 2 heterocycles. The number of nitrogens with one attached hydrogen (secondary N) is 1. The highest BCUT2D eigenvalue weighted by atomic mass is 16.5. The molecule has 5 heteroatoms. The number of rotatable bonds is 7. The van der Waals surface area contributed by atoms with Crippen LogP contribution in [0.25, 0.3) is 0 Å². The quantitative estimate of drug-likeness (QED) is 0.734. The molecule has 1 fully saturated rings. The van der Waals surface area contributed by atoms with E-state index >= 15 is 0 Å². The summed E-state index contributed by atoms with van der Waals surface area (Å²) in [5.41, 5.74) is 4.54. The van der Waals surface area contributed by atoms with Crippen LogP contribution in [-0.2, 0) is 6.42 Å². The number of aryl methyl sites for hydroxylation is 1. The number of ether oxygens (including phenoxy) is 1. The Kier molecular flexibility index (Phi) is 6.35. The van der Waals surface area contributed by atoms with Gasteiger partial charge in [0, 0.05) is 50.4 Å². The van der Waals surface area contributed by atoms with Crippen molar-refractivity contribution in [2.45, 2.75) is 26.2 Å². The van der Waals surface area contributed by atoms with Crippen LogP contribution in [0.4, 0.5) is 5.69 Å². The Morgan fingerprint density at radius 3 is 2.76 bits per heavy atom. The Hall–Kier alpha value is -2.53. The van der Waals surface area contributed by atoms with Gasteiger partial charge in [0.2, 0.25) is 0 Å². The number of fused-ring (bicyclic) bond motifs is 1. The molecule has 29 heavy (non-hydrogen) atoms. The van der Waals surface area contributed by atoms with Crippen LogP contribution in [0.5, 0.6) is 5.75 Å². The van der Waals surface area contributed by atoms with Crippen LogP contribution >= 0.6 is 0 Å². The van der Waals surface area contributed by atoms with Crippen molar-refractivity contribution in [1.82, 2.24) is 10.2 Å². The van der Waals surface area contributed by atoms with Crippen molar-refractivity contribution in [2.24, 2.45) is 0 Å². The molecule has 154 valence electrons. The maximum absolute atomic E-state index is 12.3. The molecule has 2 aliphatic heterocycles. The Morgan fingerprint density at radius 1 is 1.07 bits per heavy atom. The van der Waals surface area contributed by atoms with E-state index in [2.05, 4.69) is 46.3 Å². The first kappa shape index (κ1) is 19.8. The number of unbranched alkanes of at least 4 members (excludes halogenated alkanes) is 1. The lowest BCUT2D eigenvalue weighted by Crippen LogP contribution is -2.46. The standard InChI is InChI=1S/C24H31N3O2/c1-19-5-4-6-22(17-19)27-14-12-26(13-15-27)11-3-2-10-25-24(28)21-7-8-23-20(18-21)9-16-29-23/h4-8,17-18H,2-3,9-16H2,1H3,(H,25,28). The van der Waals surface area contributed by atoms with E-state index in [1.54, 1.807) is 0 Å². The second-order valence-corrected chi connectivity index (χ2v) is 8.05. The lowest BCUT2D eigenvalue weighted by Gasteiger charge is -2.36. The highest BCUT2D eigenvalue weighted by Gasteiger charge is 2.17. The Bertz CT molecular complexity index is 844. The van der Waals surface area contributed by atoms with Crippen LogP contribution in [-0.4, -0.2) is 56.7 Å². The molecule has 0 unspecified atom stereocenters. The number of carbonyl (C=O) groups excluding carboxylic acids is 1. The normalized spacial score (nSPS) is 16.4. The van der Waals surface area contributed by atoms with Crippen molar-refractivity contribution in [2.75, 3.05) is 50.8 Å². The van der Waals surface area contributed by atoms with Crippen molar-refractivity contribution in [3.63, 3.8) is 0 Å². The smallest absolute Gasteiger partial charge is 0.251 e. The number of hydrogen-bond acceptors (Lipinski definition) is 4. The van der Waals surface area contributed by atoms with Crippen molar-refractivity contribution >= 4 is 11.6 Å². The number of carbonyl (C=O) groups is 1. The van der Waals surface area contributed by atoms with E-state index in [9.17, 15) is 4.79 Å². The third-order valence-corrected chi connectivity index (χ3v) is 5.88. The summed E-state index contributed by atoms with van der Waals surface area (Å²) in [5.74, 6) is 0.940. The van der Waals surface area contributed by atoms with Crippen LogP contribution < -0.4 is 15.0 Å². The van der Waals surface area contributed by atoms with Gasteiger partial charge in [-0.15, -0.1) is 0 Å². The molecule has 2 aromatic rings. The molecular formula is C24H31N3O2. The minimum absolute atomic E-state index is 0.0199. The summed E-state index contributed by atoms with van der Waals surface area (Å²) in [7, 11) is 0. The third-order valence-electron chi connectivity index (χ3n) is 5.88. The van der Waals surface area contributed by atoms with E-state index in [0.29, 0.717) is 0 Å². The summed E-state index contributed by atoms with van der Waals surface area (Å²) >= 11 is 0. The van der Waals surface area contributed by atoms with Crippen LogP contribution in [0.2, 0.25) is 0 Å². The summed E-state index contributed by atoms with van der Waals surface area (Å²) in [6.07, 6.45) is 3.02. The fourth-order valence-electron chi connectivity index (χ4n) is 4.15. The van der Waals surface area contributed by atoms with Crippen LogP contribution in [0.1, 0.15) is 34.3 Å². The van der Waals surface area contributed by atoms with E-state index in [-0.39, 0.29) is 5.91 Å². The first-order valence-electron chi connectivity index (χ1n) is 10.8. The number of hydrogen-bond donors (Lipinski definition) is 1. The van der Waals surface area contributed by atoms with Gasteiger partial charge in [-0.25, -0.2) is 0 Å². The fraction of sp³-hybridized carbons (Fsp3) is 0.458. The third kappa shape index (κ3) is 5.10. The van der Waals surface area contributed by atoms with Gasteiger partial charge in [-0.3, -0.25) is 9.69 Å². The van der Waals surface area contributed by atoms with Gasteiger partial charge in [-0.05, 0) is 67.8 Å². The predicted octanol–water partition coefficient (Wildman–Crippen LogP) is 3.26. The van der Waals surface area contributed by atoms with Gasteiger partial charge in [-0.1, -0.05) is 12.1 Å². The molecule has 0 bridgehead atoms. The van der Waals surface area contributed by atoms with Crippen molar-refractivity contribution < 1.29 is 9.53 Å². The molecule has 0 spiro atoms. The maximum Gasteiger partial charge on any atom is 0.251 e. The van der Waals surface area contributed by atoms with Crippen LogP contribution in [0, 0.1) is 6.92 Å². The molecule has 0 aromatic heterocycles. The molecule has 0 atom stereocenters. The minimum Gasteiger partial charge on any atom is -0.493 e. The van der Waals surface area contributed by atoms with Gasteiger partial charge in [0.05, 0.1) is 6.61 Å². The van der Waals surface area contributed by atoms with E-state index in [1.165, 1.54) is 11.3 Å². The van der Waals surface area contributed by atoms with Crippen LogP contribution in [0.3, 0.4) is 0 Å². The summed E-state index contributed by atoms with van der Waals surface area (Å²) in [6, 6.07) is 14.5. The Balaban J connectivity index is 1.12. The second kappa shape index (κ2) is 9.31. The lowest BCUT2D eigenvalue weighted by molar-refractivity contribution is 0.0952. The van der Waals surface area contributed by atoms with Crippen LogP contribution in [0.15, 0.2) is 42.5 Å². The average Bonchev–Trinajstić information content (AvgIpc) is 3.22. The number of benzene rings is 2. The average molecular weight is 394 g/mol. The van der Waals surface area contributed by atoms with E-state index in [1.807, 2.05) is 18.2 Å². The monoisotopic (exact) mass is 393 g/mol. The van der Waals surface area contributed by atoms with Crippen molar-refractivity contribution in [1.29, 1.82) is 0 Å². The first-order chi connectivity index (χ1) is 14.2. The summed E-state index contributed by atoms with van der Waals surface area (Å²) in [6.45, 7) is 9.10. The summed E-state index contributed by atoms with van der Waals surface area (Å²) < 4.78 is 5.50. The van der Waals surface area contributed by atoms with Crippen molar-refractivity contribution in [3.05, 3.63) is 59.2 Å². The molecule has 5 nitrogen and oxygen atoms in total. The largest absolute Gasteiger partial charge is 0.493 e. The predicted molar refractivity (Wildman–Crippen MR) is 117 cm³/mol. The molecule has 1 amide bonds. The van der Waals surface area contributed by atoms with Gasteiger partial charge in [-0.2, -0.15) is 0 Å². The number of anilines is 1. The summed E-state index contributed by atoms with van der Waals surface area (Å²) in [5, 5.41) is 3.06. The molecule has 0 radical (unpaired) electrons. The van der Waals surface area contributed by atoms with Gasteiger partial charge in [0.15, 0.2) is 0 Å². The lowest BCUT2D eigenvalue weighted by atomic mass is 10.1. The molecule has 0 aliphatic carbocycles. The van der Waals surface area contributed by atoms with Gasteiger partial charge in [0.1, 0.15) is 5.75 Å². The highest BCUT2D eigenvalue weighted by molar-refractivity contribution is 5.94. The Morgan fingerprint density at radius 2 is 1.93 bits per heavy atom. The Labute approximate surface area is 173 Å².